The molecule has 1 amide bonds. The van der Waals surface area contributed by atoms with Crippen LogP contribution in [0.25, 0.3) is 0 Å². The van der Waals surface area contributed by atoms with Crippen LogP contribution in [0, 0.1) is 56.2 Å². The lowest BCUT2D eigenvalue weighted by molar-refractivity contribution is -0.233. The van der Waals surface area contributed by atoms with Crippen molar-refractivity contribution in [3.05, 3.63) is 58.4 Å². The smallest absolute Gasteiger partial charge is 0.309 e. The predicted octanol–water partition coefficient (Wildman–Crippen LogP) is 9.89. The topological polar surface area (TPSA) is 113 Å². The SMILES string of the molecule is COC1=CCC(N2CC(CCN(C)C)=CC(C34CCC5(C)C(CCC6C7(C)CCC(OC(=O)CC(C)(C)C(=O)O)C(C)(C)C7CCC65C)C3=C(C(C)C)C(=O)C4)=CC2=O)C=C1. The Hall–Kier alpha value is -3.46. The third-order valence-electron chi connectivity index (χ3n) is 18.2. The summed E-state index contributed by atoms with van der Waals surface area (Å²) in [5, 5.41) is 9.69. The molecule has 336 valence electrons. The van der Waals surface area contributed by atoms with Gasteiger partial charge in [0, 0.05) is 36.4 Å². The lowest BCUT2D eigenvalue weighted by Gasteiger charge is -2.72. The highest BCUT2D eigenvalue weighted by atomic mass is 16.5. The molecule has 0 aromatic rings. The average molecular weight is 841 g/mol. The Kier molecular flexibility index (Phi) is 11.9. The number of allylic oxidation sites excluding steroid dienone is 5. The van der Waals surface area contributed by atoms with Gasteiger partial charge in [-0.3, -0.25) is 19.2 Å². The van der Waals surface area contributed by atoms with E-state index < -0.39 is 22.8 Å². The molecule has 0 aromatic carbocycles. The van der Waals surface area contributed by atoms with Crippen molar-refractivity contribution >= 4 is 23.6 Å². The highest BCUT2D eigenvalue weighted by Gasteiger charge is 2.70. The van der Waals surface area contributed by atoms with E-state index in [2.05, 4.69) is 85.7 Å². The Balaban J connectivity index is 1.23. The minimum Gasteiger partial charge on any atom is -0.497 e. The second-order valence-electron chi connectivity index (χ2n) is 22.9. The fraction of sp³-hybridized carbons (Fsp3) is 0.731. The first-order valence-corrected chi connectivity index (χ1v) is 23.4. The first kappa shape index (κ1) is 45.6. The van der Waals surface area contributed by atoms with Gasteiger partial charge < -0.3 is 24.4 Å². The molecule has 0 aromatic heterocycles. The molecule has 0 bridgehead atoms. The molecule has 61 heavy (non-hydrogen) atoms. The van der Waals surface area contributed by atoms with Crippen LogP contribution in [-0.2, 0) is 28.7 Å². The molecule has 4 saturated carbocycles. The number of ether oxygens (including phenoxy) is 2. The molecule has 9 unspecified atom stereocenters. The number of amides is 1. The Morgan fingerprint density at radius 2 is 1.67 bits per heavy atom. The maximum Gasteiger partial charge on any atom is 0.309 e. The second kappa shape index (κ2) is 16.0. The van der Waals surface area contributed by atoms with E-state index in [-0.39, 0.29) is 63.8 Å². The van der Waals surface area contributed by atoms with Crippen LogP contribution in [0.3, 0.4) is 0 Å². The van der Waals surface area contributed by atoms with E-state index in [4.69, 9.17) is 9.47 Å². The van der Waals surface area contributed by atoms with Gasteiger partial charge in [0.2, 0.25) is 5.91 Å². The van der Waals surface area contributed by atoms with Crippen LogP contribution in [0.1, 0.15) is 139 Å². The van der Waals surface area contributed by atoms with Gasteiger partial charge in [-0.15, -0.1) is 0 Å². The number of aliphatic carboxylic acids is 1. The van der Waals surface area contributed by atoms with E-state index in [9.17, 15) is 24.3 Å². The number of hydrogen-bond donors (Lipinski definition) is 1. The molecule has 0 radical (unpaired) electrons. The van der Waals surface area contributed by atoms with Crippen molar-refractivity contribution in [2.24, 2.45) is 56.2 Å². The molecule has 1 N–H and O–H groups in total. The summed E-state index contributed by atoms with van der Waals surface area (Å²) in [5.74, 6) is 0.855. The van der Waals surface area contributed by atoms with Crippen LogP contribution < -0.4 is 0 Å². The summed E-state index contributed by atoms with van der Waals surface area (Å²) in [6.07, 6.45) is 19.8. The Labute approximate surface area is 366 Å². The fourth-order valence-corrected chi connectivity index (χ4v) is 14.7. The lowest BCUT2D eigenvalue weighted by Crippen LogP contribution is -2.65. The van der Waals surface area contributed by atoms with Crippen molar-refractivity contribution in [2.45, 2.75) is 152 Å². The van der Waals surface area contributed by atoms with Crippen LogP contribution in [0.5, 0.6) is 0 Å². The second-order valence-corrected chi connectivity index (χ2v) is 22.9. The van der Waals surface area contributed by atoms with Gasteiger partial charge in [-0.05, 0) is 167 Å². The lowest BCUT2D eigenvalue weighted by atomic mass is 9.32. The van der Waals surface area contributed by atoms with E-state index in [1.54, 1.807) is 21.0 Å². The molecule has 4 fully saturated rings. The van der Waals surface area contributed by atoms with Gasteiger partial charge in [0.25, 0.3) is 0 Å². The molecule has 9 heteroatoms. The van der Waals surface area contributed by atoms with Gasteiger partial charge in [0.1, 0.15) is 11.9 Å². The minimum absolute atomic E-state index is 0.0260. The Bertz CT molecular complexity index is 1980. The third-order valence-corrected chi connectivity index (χ3v) is 18.2. The molecular weight excluding hydrogens is 765 g/mol. The third kappa shape index (κ3) is 7.42. The first-order valence-electron chi connectivity index (χ1n) is 23.4. The van der Waals surface area contributed by atoms with Crippen molar-refractivity contribution in [3.8, 4) is 0 Å². The molecule has 1 aliphatic heterocycles. The van der Waals surface area contributed by atoms with Gasteiger partial charge in [0.05, 0.1) is 25.0 Å². The zero-order valence-electron chi connectivity index (χ0n) is 39.5. The number of carbonyl (C=O) groups excluding carboxylic acids is 3. The maximum atomic E-state index is 14.6. The Morgan fingerprint density at radius 3 is 2.30 bits per heavy atom. The fourth-order valence-electron chi connectivity index (χ4n) is 14.7. The number of methoxy groups -OCH3 is 1. The van der Waals surface area contributed by atoms with Crippen molar-refractivity contribution in [1.29, 1.82) is 0 Å². The number of carbonyl (C=O) groups is 4. The molecule has 9 nitrogen and oxygen atoms in total. The van der Waals surface area contributed by atoms with Gasteiger partial charge in [0.15, 0.2) is 5.78 Å². The number of hydrogen-bond acceptors (Lipinski definition) is 7. The number of carboxylic acid groups (broad SMARTS) is 1. The van der Waals surface area contributed by atoms with Gasteiger partial charge in [-0.2, -0.15) is 0 Å². The molecule has 0 spiro atoms. The molecular formula is C52H76N2O7. The van der Waals surface area contributed by atoms with E-state index in [1.807, 2.05) is 17.1 Å². The number of Topliss-reactive ketones (excluding diaryl/α,β-unsaturated/α-hetero) is 1. The van der Waals surface area contributed by atoms with Gasteiger partial charge in [-0.25, -0.2) is 0 Å². The predicted molar refractivity (Wildman–Crippen MR) is 239 cm³/mol. The van der Waals surface area contributed by atoms with E-state index >= 15 is 0 Å². The quantitative estimate of drug-likeness (QED) is 0.205. The highest BCUT2D eigenvalue weighted by Crippen LogP contribution is 2.77. The average Bonchev–Trinajstić information content (AvgIpc) is 3.38. The van der Waals surface area contributed by atoms with E-state index in [0.29, 0.717) is 31.2 Å². The maximum absolute atomic E-state index is 14.6. The normalized spacial score (nSPS) is 37.2. The summed E-state index contributed by atoms with van der Waals surface area (Å²) in [5.41, 5.74) is 2.76. The van der Waals surface area contributed by atoms with Crippen LogP contribution >= 0.6 is 0 Å². The minimum atomic E-state index is -1.18. The zero-order valence-corrected chi connectivity index (χ0v) is 39.5. The van der Waals surface area contributed by atoms with Gasteiger partial charge in [-0.1, -0.05) is 60.6 Å². The number of ketones is 1. The van der Waals surface area contributed by atoms with E-state index in [0.717, 1.165) is 81.2 Å². The van der Waals surface area contributed by atoms with Crippen LogP contribution in [0.15, 0.2) is 58.4 Å². The number of rotatable bonds is 11. The van der Waals surface area contributed by atoms with Crippen molar-refractivity contribution in [2.75, 3.05) is 34.3 Å². The van der Waals surface area contributed by atoms with Crippen molar-refractivity contribution in [3.63, 3.8) is 0 Å². The highest BCUT2D eigenvalue weighted by molar-refractivity contribution is 6.02. The summed E-state index contributed by atoms with van der Waals surface area (Å²) in [4.78, 5) is 58.6. The summed E-state index contributed by atoms with van der Waals surface area (Å²) >= 11 is 0. The number of fused-ring (bicyclic) bond motifs is 7. The summed E-state index contributed by atoms with van der Waals surface area (Å²) in [7, 11) is 5.88. The number of carboxylic acids is 1. The van der Waals surface area contributed by atoms with Gasteiger partial charge >= 0.3 is 11.9 Å². The molecule has 0 saturated heterocycles. The number of nitrogens with zero attached hydrogens (tertiary/aromatic N) is 2. The van der Waals surface area contributed by atoms with Crippen LogP contribution in [0.2, 0.25) is 0 Å². The Morgan fingerprint density at radius 1 is 0.951 bits per heavy atom. The molecule has 9 atom stereocenters. The largest absolute Gasteiger partial charge is 0.497 e. The standard InChI is InChI=1S/C52H76N2O7/c1-32(2)44-38(55)29-52(34-27-33(21-26-53(10)11)31-54(42(56)28-34)35-13-15-36(60-12)16-14-35)25-24-50(8)37(45(44)52)17-18-40-49(7)22-20-41(61-43(57)30-47(3,4)46(58)59)48(5,6)39(49)19-23-51(40,50)9/h13,15-16,27-28,32,35,37,39-41H,14,17-26,29-31H2,1-12H3,(H,58,59). The van der Waals surface area contributed by atoms with Crippen molar-refractivity contribution < 1.29 is 33.8 Å². The summed E-state index contributed by atoms with van der Waals surface area (Å²) in [6.45, 7) is 21.3. The van der Waals surface area contributed by atoms with Crippen molar-refractivity contribution in [1.82, 2.24) is 9.80 Å². The summed E-state index contributed by atoms with van der Waals surface area (Å²) in [6, 6.07) is -0.0637. The summed E-state index contributed by atoms with van der Waals surface area (Å²) < 4.78 is 11.7. The van der Waals surface area contributed by atoms with E-state index in [1.165, 1.54) is 11.1 Å². The van der Waals surface area contributed by atoms with Crippen LogP contribution in [-0.4, -0.2) is 85.0 Å². The monoisotopic (exact) mass is 841 g/mol. The molecule has 6 aliphatic carbocycles. The zero-order chi connectivity index (χ0) is 44.7. The molecule has 7 aliphatic rings. The number of esters is 1. The first-order chi connectivity index (χ1) is 28.4. The van der Waals surface area contributed by atoms with Crippen LogP contribution in [0.4, 0.5) is 0 Å². The molecule has 7 rings (SSSR count). The molecule has 1 heterocycles.